The summed E-state index contributed by atoms with van der Waals surface area (Å²) in [4.78, 5) is 0. The average molecular weight is 424 g/mol. The van der Waals surface area contributed by atoms with Gasteiger partial charge >= 0.3 is 8.56 Å². The van der Waals surface area contributed by atoms with Crippen LogP contribution in [0.2, 0.25) is 91.2 Å². The van der Waals surface area contributed by atoms with E-state index in [-0.39, 0.29) is 0 Å². The first-order valence-electron chi connectivity index (χ1n) is 9.43. The van der Waals surface area contributed by atoms with Crippen molar-refractivity contribution in [1.29, 1.82) is 0 Å². The highest BCUT2D eigenvalue weighted by Gasteiger charge is 2.41. The molecule has 0 aliphatic heterocycles. The van der Waals surface area contributed by atoms with Gasteiger partial charge in [-0.25, -0.2) is 0 Å². The van der Waals surface area contributed by atoms with Gasteiger partial charge in [0.2, 0.25) is 0 Å². The van der Waals surface area contributed by atoms with E-state index in [9.17, 15) is 0 Å². The first-order valence-corrected chi connectivity index (χ1v) is 25.7. The molecule has 0 aliphatic carbocycles. The lowest BCUT2D eigenvalue weighted by Crippen LogP contribution is -2.59. The Balaban J connectivity index is 5.06. The van der Waals surface area contributed by atoms with Crippen LogP contribution in [0.1, 0.15) is 6.42 Å². The molecule has 0 fully saturated rings. The van der Waals surface area contributed by atoms with Crippen LogP contribution in [0.3, 0.4) is 0 Å². The Labute approximate surface area is 158 Å². The highest BCUT2D eigenvalue weighted by Crippen LogP contribution is 2.27. The third-order valence-electron chi connectivity index (χ3n) is 3.68. The van der Waals surface area contributed by atoms with Gasteiger partial charge in [-0.2, -0.15) is 0 Å². The van der Waals surface area contributed by atoms with Crippen LogP contribution in [0, 0.1) is 0 Å². The summed E-state index contributed by atoms with van der Waals surface area (Å²) in [5.74, 6) is 0. The molecule has 8 heteroatoms. The number of nitrogens with zero attached hydrogens (tertiary/aromatic N) is 1. The highest BCUT2D eigenvalue weighted by atomic mass is 28.5. The van der Waals surface area contributed by atoms with Crippen molar-refractivity contribution >= 4 is 41.7 Å². The molecule has 0 aromatic heterocycles. The zero-order chi connectivity index (χ0) is 19.6. The predicted octanol–water partition coefficient (Wildman–Crippen LogP) is 6.12. The van der Waals surface area contributed by atoms with Gasteiger partial charge in [-0.3, -0.25) is 0 Å². The van der Waals surface area contributed by atoms with E-state index in [4.69, 9.17) is 8.23 Å². The van der Waals surface area contributed by atoms with E-state index in [0.29, 0.717) is 0 Å². The molecule has 146 valence electrons. The van der Waals surface area contributed by atoms with Crippen LogP contribution in [0.15, 0.2) is 0 Å². The van der Waals surface area contributed by atoms with Crippen molar-refractivity contribution in [1.82, 2.24) is 4.23 Å². The second kappa shape index (κ2) is 8.32. The molecule has 0 N–H and O–H groups in total. The first-order chi connectivity index (χ1) is 10.3. The van der Waals surface area contributed by atoms with E-state index >= 15 is 0 Å². The monoisotopic (exact) mass is 423 g/mol. The summed E-state index contributed by atoms with van der Waals surface area (Å²) >= 11 is 0. The van der Waals surface area contributed by atoms with E-state index in [1.165, 1.54) is 13.0 Å². The molecule has 0 unspecified atom stereocenters. The summed E-state index contributed by atoms with van der Waals surface area (Å²) in [7, 11) is -7.77. The van der Waals surface area contributed by atoms with Gasteiger partial charge in [0.1, 0.15) is 16.5 Å². The quantitative estimate of drug-likeness (QED) is 0.395. The molecule has 0 atom stereocenters. The van der Waals surface area contributed by atoms with Crippen molar-refractivity contribution in [2.24, 2.45) is 0 Å². The maximum atomic E-state index is 6.65. The third-order valence-corrected chi connectivity index (χ3v) is 21.0. The smallest absolute Gasteiger partial charge is 0.314 e. The molecule has 0 aliphatic rings. The van der Waals surface area contributed by atoms with Crippen LogP contribution in [-0.4, -0.2) is 52.4 Å². The van der Waals surface area contributed by atoms with Gasteiger partial charge in [0.05, 0.1) is 0 Å². The fourth-order valence-corrected chi connectivity index (χ4v) is 25.9. The Morgan fingerprint density at radius 2 is 0.917 bits per heavy atom. The molecule has 0 amide bonds. The molecular formula is C16H45NO2Si5. The van der Waals surface area contributed by atoms with Crippen LogP contribution < -0.4 is 0 Å². The molecule has 0 spiro atoms. The summed E-state index contributed by atoms with van der Waals surface area (Å²) in [6.45, 7) is 32.2. The highest BCUT2D eigenvalue weighted by molar-refractivity contribution is 6.89. The van der Waals surface area contributed by atoms with E-state index in [1.54, 1.807) is 0 Å². The van der Waals surface area contributed by atoms with Crippen molar-refractivity contribution in [3.05, 3.63) is 0 Å². The van der Waals surface area contributed by atoms with Crippen molar-refractivity contribution in [2.45, 2.75) is 97.6 Å². The second-order valence-corrected chi connectivity index (χ2v) is 34.2. The standard InChI is InChI=1S/C16H45NO2Si5/c1-20(2,3)17(21(4,5)6)15-14-16-24(13,18-22(7,8)9)19-23(10,11)12/h14-16H2,1-13H3. The van der Waals surface area contributed by atoms with Gasteiger partial charge < -0.3 is 12.5 Å². The Hall–Kier alpha value is 0.964. The summed E-state index contributed by atoms with van der Waals surface area (Å²) in [5, 5.41) is 0. The molecule has 0 bridgehead atoms. The predicted molar refractivity (Wildman–Crippen MR) is 123 cm³/mol. The molecule has 3 nitrogen and oxygen atoms in total. The van der Waals surface area contributed by atoms with Crippen molar-refractivity contribution < 1.29 is 8.23 Å². The van der Waals surface area contributed by atoms with E-state index in [1.807, 2.05) is 0 Å². The molecule has 0 heterocycles. The maximum Gasteiger partial charge on any atom is 0.314 e. The average Bonchev–Trinajstić information content (AvgIpc) is 2.14. The zero-order valence-corrected chi connectivity index (χ0v) is 23.9. The van der Waals surface area contributed by atoms with Gasteiger partial charge in [-0.15, -0.1) is 0 Å². The fraction of sp³-hybridized carbons (Fsp3) is 1.00. The van der Waals surface area contributed by atoms with Crippen molar-refractivity contribution in [3.8, 4) is 0 Å². The fourth-order valence-electron chi connectivity index (χ4n) is 3.65. The van der Waals surface area contributed by atoms with Crippen LogP contribution in [-0.2, 0) is 8.23 Å². The van der Waals surface area contributed by atoms with Gasteiger partial charge in [0.15, 0.2) is 16.6 Å². The minimum Gasteiger partial charge on any atom is -0.437 e. The SMILES string of the molecule is C[Si](C)(C)O[Si](C)(CCCN([Si](C)(C)C)[Si](C)(C)C)O[Si](C)(C)C. The van der Waals surface area contributed by atoms with Gasteiger partial charge in [-0.1, -0.05) is 39.3 Å². The number of rotatable bonds is 10. The van der Waals surface area contributed by atoms with E-state index in [2.05, 4.69) is 89.3 Å². The molecule has 0 saturated carbocycles. The Morgan fingerprint density at radius 1 is 0.583 bits per heavy atom. The van der Waals surface area contributed by atoms with Crippen LogP contribution in [0.4, 0.5) is 0 Å². The van der Waals surface area contributed by atoms with Gasteiger partial charge in [-0.05, 0) is 64.8 Å². The minimum atomic E-state index is -2.08. The third kappa shape index (κ3) is 10.8. The lowest BCUT2D eigenvalue weighted by Gasteiger charge is -2.44. The zero-order valence-electron chi connectivity index (χ0n) is 18.9. The number of hydrogen-bond donors (Lipinski definition) is 0. The Morgan fingerprint density at radius 3 is 1.17 bits per heavy atom. The molecule has 0 aromatic rings. The van der Waals surface area contributed by atoms with Crippen LogP contribution >= 0.6 is 0 Å². The molecule has 0 saturated heterocycles. The van der Waals surface area contributed by atoms with Crippen molar-refractivity contribution in [3.63, 3.8) is 0 Å². The summed E-state index contributed by atoms with van der Waals surface area (Å²) in [5.41, 5.74) is 0. The topological polar surface area (TPSA) is 21.7 Å². The molecule has 0 rings (SSSR count). The first kappa shape index (κ1) is 25.0. The van der Waals surface area contributed by atoms with Gasteiger partial charge in [0.25, 0.3) is 0 Å². The van der Waals surface area contributed by atoms with Gasteiger partial charge in [0, 0.05) is 0 Å². The van der Waals surface area contributed by atoms with Crippen LogP contribution in [0.5, 0.6) is 0 Å². The lowest BCUT2D eigenvalue weighted by molar-refractivity contribution is 0.379. The van der Waals surface area contributed by atoms with E-state index < -0.39 is 41.7 Å². The Kier molecular flexibility index (Phi) is 8.66. The molecule has 0 aromatic carbocycles. The largest absolute Gasteiger partial charge is 0.437 e. The summed E-state index contributed by atoms with van der Waals surface area (Å²) in [6, 6.07) is 1.13. The van der Waals surface area contributed by atoms with E-state index in [0.717, 1.165) is 6.04 Å². The molecule has 24 heavy (non-hydrogen) atoms. The molecule has 0 radical (unpaired) electrons. The molecular weight excluding hydrogens is 379 g/mol. The minimum absolute atomic E-state index is 1.13. The van der Waals surface area contributed by atoms with Crippen molar-refractivity contribution in [2.75, 3.05) is 6.54 Å². The normalized spacial score (nSPS) is 15.2. The van der Waals surface area contributed by atoms with Crippen LogP contribution in [0.25, 0.3) is 0 Å². The lowest BCUT2D eigenvalue weighted by atomic mass is 10.5. The second-order valence-electron chi connectivity index (χ2n) is 11.2. The summed E-state index contributed by atoms with van der Waals surface area (Å²) in [6.07, 6.45) is 1.21. The maximum absolute atomic E-state index is 6.65. The number of hydrogen-bond acceptors (Lipinski definition) is 3. The Bertz CT molecular complexity index is 361. The summed E-state index contributed by atoms with van der Waals surface area (Å²) < 4.78 is 16.2.